The molecule has 0 aromatic rings. The zero-order valence-electron chi connectivity index (χ0n) is 12.6. The Hall–Kier alpha value is -0.820. The predicted molar refractivity (Wildman–Crippen MR) is 80.8 cm³/mol. The standard InChI is InChI=1S/C13H26N4O2S/c1-10(2)20(18,19)16-13-14-8-17(9-15-13)12-7-5-4-6-11(12)3/h10-12H,4-9H2,1-3H3,(H2,14,15,16)/t11-,12+/m0/s1. The zero-order chi connectivity index (χ0) is 14.8. The molecule has 0 aromatic heterocycles. The highest BCUT2D eigenvalue weighted by Gasteiger charge is 2.29. The van der Waals surface area contributed by atoms with Crippen LogP contribution in [0.1, 0.15) is 46.5 Å². The number of hydrogen-bond acceptors (Lipinski definition) is 5. The summed E-state index contributed by atoms with van der Waals surface area (Å²) in [5.74, 6) is 1.06. The summed E-state index contributed by atoms with van der Waals surface area (Å²) in [6, 6.07) is 0.559. The fourth-order valence-electron chi connectivity index (χ4n) is 2.83. The molecule has 20 heavy (non-hydrogen) atoms. The Morgan fingerprint density at radius 1 is 1.35 bits per heavy atom. The maximum atomic E-state index is 11.8. The van der Waals surface area contributed by atoms with E-state index >= 15 is 0 Å². The first-order valence-electron chi connectivity index (χ1n) is 7.44. The highest BCUT2D eigenvalue weighted by molar-refractivity contribution is 7.90. The first-order valence-corrected chi connectivity index (χ1v) is 8.99. The van der Waals surface area contributed by atoms with E-state index in [0.29, 0.717) is 31.3 Å². The molecule has 2 atom stereocenters. The maximum absolute atomic E-state index is 11.8. The van der Waals surface area contributed by atoms with Crippen LogP contribution in [0.3, 0.4) is 0 Å². The summed E-state index contributed by atoms with van der Waals surface area (Å²) in [4.78, 5) is 6.63. The van der Waals surface area contributed by atoms with Gasteiger partial charge < -0.3 is 5.32 Å². The average Bonchev–Trinajstić information content (AvgIpc) is 2.40. The molecule has 1 fully saturated rings. The molecule has 2 aliphatic rings. The van der Waals surface area contributed by atoms with E-state index in [-0.39, 0.29) is 0 Å². The third-order valence-corrected chi connectivity index (χ3v) is 5.97. The molecule has 0 unspecified atom stereocenters. The van der Waals surface area contributed by atoms with Gasteiger partial charge in [0.1, 0.15) is 0 Å². The van der Waals surface area contributed by atoms with Gasteiger partial charge in [-0.15, -0.1) is 0 Å². The Morgan fingerprint density at radius 2 is 2.05 bits per heavy atom. The number of hydrogen-bond donors (Lipinski definition) is 2. The van der Waals surface area contributed by atoms with E-state index in [1.807, 2.05) is 0 Å². The first-order chi connectivity index (χ1) is 9.40. The van der Waals surface area contributed by atoms with Crippen molar-refractivity contribution >= 4 is 16.0 Å². The van der Waals surface area contributed by atoms with E-state index in [2.05, 4.69) is 26.9 Å². The van der Waals surface area contributed by atoms with Crippen molar-refractivity contribution in [2.75, 3.05) is 13.3 Å². The average molecular weight is 302 g/mol. The maximum Gasteiger partial charge on any atom is 0.237 e. The SMILES string of the molecule is CC(C)S(=O)(=O)NC1=NCN([C@@H]2CCCC[C@@H]2C)CN1. The fraction of sp³-hybridized carbons (Fsp3) is 0.923. The van der Waals surface area contributed by atoms with Crippen LogP contribution in [-0.2, 0) is 10.0 Å². The molecule has 2 rings (SSSR count). The van der Waals surface area contributed by atoms with E-state index in [0.717, 1.165) is 0 Å². The Labute approximate surface area is 122 Å². The van der Waals surface area contributed by atoms with E-state index in [9.17, 15) is 8.42 Å². The van der Waals surface area contributed by atoms with Crippen molar-refractivity contribution in [2.24, 2.45) is 10.9 Å². The van der Waals surface area contributed by atoms with E-state index in [4.69, 9.17) is 0 Å². The van der Waals surface area contributed by atoms with E-state index in [1.54, 1.807) is 13.8 Å². The molecule has 0 saturated heterocycles. The summed E-state index contributed by atoms with van der Waals surface area (Å²) in [6.45, 7) is 6.83. The molecule has 0 radical (unpaired) electrons. The smallest absolute Gasteiger partial charge is 0.237 e. The van der Waals surface area contributed by atoms with Crippen LogP contribution in [0.25, 0.3) is 0 Å². The van der Waals surface area contributed by atoms with Gasteiger partial charge in [0.15, 0.2) is 0 Å². The molecule has 0 amide bonds. The van der Waals surface area contributed by atoms with Gasteiger partial charge in [-0.2, -0.15) is 0 Å². The van der Waals surface area contributed by atoms with Crippen molar-refractivity contribution < 1.29 is 8.42 Å². The second-order valence-electron chi connectivity index (χ2n) is 6.10. The summed E-state index contributed by atoms with van der Waals surface area (Å²) in [7, 11) is -3.31. The topological polar surface area (TPSA) is 73.8 Å². The van der Waals surface area contributed by atoms with Crippen LogP contribution in [0, 0.1) is 5.92 Å². The van der Waals surface area contributed by atoms with Crippen LogP contribution in [0.2, 0.25) is 0 Å². The monoisotopic (exact) mass is 302 g/mol. The summed E-state index contributed by atoms with van der Waals surface area (Å²) in [5.41, 5.74) is 0. The molecule has 2 N–H and O–H groups in total. The zero-order valence-corrected chi connectivity index (χ0v) is 13.4. The van der Waals surface area contributed by atoms with Gasteiger partial charge in [-0.25, -0.2) is 13.4 Å². The van der Waals surface area contributed by atoms with Gasteiger partial charge in [0.2, 0.25) is 16.0 Å². The number of aliphatic imine (C=N–C) groups is 1. The second kappa shape index (κ2) is 6.30. The first kappa shape index (κ1) is 15.6. The highest BCUT2D eigenvalue weighted by Crippen LogP contribution is 2.28. The second-order valence-corrected chi connectivity index (χ2v) is 8.33. The fourth-order valence-corrected chi connectivity index (χ4v) is 3.47. The van der Waals surface area contributed by atoms with Crippen molar-refractivity contribution in [3.63, 3.8) is 0 Å². The summed E-state index contributed by atoms with van der Waals surface area (Å²) in [5, 5.41) is 2.63. The summed E-state index contributed by atoms with van der Waals surface area (Å²) >= 11 is 0. The van der Waals surface area contributed by atoms with E-state index < -0.39 is 15.3 Å². The molecule has 0 spiro atoms. The van der Waals surface area contributed by atoms with Crippen LogP contribution in [-0.4, -0.2) is 43.9 Å². The largest absolute Gasteiger partial charge is 0.343 e. The normalized spacial score (nSPS) is 28.9. The van der Waals surface area contributed by atoms with Crippen molar-refractivity contribution in [3.05, 3.63) is 0 Å². The third-order valence-electron chi connectivity index (χ3n) is 4.25. The van der Waals surface area contributed by atoms with Crippen molar-refractivity contribution in [1.29, 1.82) is 0 Å². The lowest BCUT2D eigenvalue weighted by molar-refractivity contribution is 0.106. The van der Waals surface area contributed by atoms with Crippen molar-refractivity contribution in [1.82, 2.24) is 14.9 Å². The highest BCUT2D eigenvalue weighted by atomic mass is 32.2. The van der Waals surface area contributed by atoms with Crippen LogP contribution in [0.5, 0.6) is 0 Å². The van der Waals surface area contributed by atoms with Gasteiger partial charge in [-0.1, -0.05) is 19.8 Å². The molecule has 1 aliphatic heterocycles. The Bertz CT molecular complexity index is 461. The van der Waals surface area contributed by atoms with Gasteiger partial charge in [0.05, 0.1) is 18.6 Å². The molecular formula is C13H26N4O2S. The van der Waals surface area contributed by atoms with Gasteiger partial charge in [0.25, 0.3) is 0 Å². The molecule has 0 bridgehead atoms. The summed E-state index contributed by atoms with van der Waals surface area (Å²) in [6.07, 6.45) is 5.09. The minimum Gasteiger partial charge on any atom is -0.343 e. The van der Waals surface area contributed by atoms with Crippen LogP contribution < -0.4 is 10.0 Å². The van der Waals surface area contributed by atoms with Crippen molar-refractivity contribution in [3.8, 4) is 0 Å². The van der Waals surface area contributed by atoms with Crippen LogP contribution >= 0.6 is 0 Å². The molecule has 6 nitrogen and oxygen atoms in total. The van der Waals surface area contributed by atoms with Gasteiger partial charge >= 0.3 is 0 Å². The lowest BCUT2D eigenvalue weighted by Crippen LogP contribution is -2.55. The number of rotatable bonds is 3. The number of nitrogens with zero attached hydrogens (tertiary/aromatic N) is 2. The number of nitrogens with one attached hydrogen (secondary N) is 2. The number of guanidine groups is 1. The molecular weight excluding hydrogens is 276 g/mol. The third kappa shape index (κ3) is 3.63. The lowest BCUT2D eigenvalue weighted by Gasteiger charge is -2.39. The van der Waals surface area contributed by atoms with Crippen LogP contribution in [0.15, 0.2) is 4.99 Å². The quantitative estimate of drug-likeness (QED) is 0.818. The van der Waals surface area contributed by atoms with E-state index in [1.165, 1.54) is 25.7 Å². The van der Waals surface area contributed by atoms with Crippen molar-refractivity contribution in [2.45, 2.75) is 57.7 Å². The molecule has 1 saturated carbocycles. The molecule has 7 heteroatoms. The summed E-state index contributed by atoms with van der Waals surface area (Å²) < 4.78 is 26.1. The van der Waals surface area contributed by atoms with Gasteiger partial charge in [0, 0.05) is 6.04 Å². The molecule has 116 valence electrons. The van der Waals surface area contributed by atoms with Crippen LogP contribution in [0.4, 0.5) is 0 Å². The van der Waals surface area contributed by atoms with Gasteiger partial charge in [-0.3, -0.25) is 9.62 Å². The molecule has 0 aromatic carbocycles. The van der Waals surface area contributed by atoms with Gasteiger partial charge in [-0.05, 0) is 32.6 Å². The molecule has 1 aliphatic carbocycles. The Balaban J connectivity index is 1.93. The minimum absolute atomic E-state index is 0.374. The Morgan fingerprint density at radius 3 is 2.60 bits per heavy atom. The lowest BCUT2D eigenvalue weighted by atomic mass is 9.85. The minimum atomic E-state index is -3.31. The molecule has 1 heterocycles. The number of sulfonamides is 1. The Kier molecular flexibility index (Phi) is 4.90. The predicted octanol–water partition coefficient (Wildman–Crippen LogP) is 1.07.